The number of thioether (sulfide) groups is 1. The van der Waals surface area contributed by atoms with Crippen LogP contribution in [0.2, 0.25) is 0 Å². The van der Waals surface area contributed by atoms with E-state index in [0.29, 0.717) is 0 Å². The molecule has 7 heteroatoms. The van der Waals surface area contributed by atoms with Gasteiger partial charge in [-0.25, -0.2) is 9.89 Å². The molecule has 3 aliphatic heterocycles. The number of nitrogens with one attached hydrogen (secondary N) is 2. The molecule has 0 unspecified atom stereocenters. The number of amidine groups is 1. The fourth-order valence-corrected chi connectivity index (χ4v) is 5.42. The van der Waals surface area contributed by atoms with Crippen molar-refractivity contribution in [3.05, 3.63) is 34.7 Å². The molecule has 30 heavy (non-hydrogen) atoms. The number of methoxy groups -OCH3 is 1. The van der Waals surface area contributed by atoms with Crippen LogP contribution in [0.3, 0.4) is 0 Å². The average molecular weight is 431 g/mol. The number of hydrogen-bond acceptors (Lipinski definition) is 4. The highest BCUT2D eigenvalue weighted by Gasteiger charge is 2.36. The number of piperidine rings is 2. The Hall–Kier alpha value is -1.83. The van der Waals surface area contributed by atoms with Crippen molar-refractivity contribution in [3.63, 3.8) is 0 Å². The van der Waals surface area contributed by atoms with Gasteiger partial charge in [0, 0.05) is 0 Å². The van der Waals surface area contributed by atoms with Crippen LogP contribution in [0.5, 0.6) is 5.75 Å². The molecule has 0 saturated carbocycles. The Kier molecular flexibility index (Phi) is 7.47. The second-order valence-corrected chi connectivity index (χ2v) is 9.50. The molecule has 0 aromatic heterocycles. The van der Waals surface area contributed by atoms with Gasteiger partial charge < -0.3 is 14.5 Å². The fraction of sp³-hybridized carbons (Fsp3) is 0.565. The van der Waals surface area contributed by atoms with Crippen molar-refractivity contribution in [1.82, 2.24) is 4.90 Å². The molecule has 3 heterocycles. The second-order valence-electron chi connectivity index (χ2n) is 8.50. The molecule has 1 amide bonds. The number of carbonyl (C=O) groups excluding carboxylic acids is 1. The van der Waals surface area contributed by atoms with Crippen LogP contribution in [0.4, 0.5) is 0 Å². The summed E-state index contributed by atoms with van der Waals surface area (Å²) >= 11 is 1.54. The normalized spacial score (nSPS) is 24.2. The lowest BCUT2D eigenvalue weighted by molar-refractivity contribution is -0.912. The third-order valence-corrected chi connectivity index (χ3v) is 7.29. The van der Waals surface area contributed by atoms with E-state index < -0.39 is 0 Å². The van der Waals surface area contributed by atoms with Crippen molar-refractivity contribution in [2.75, 3.05) is 46.6 Å². The Labute approximate surface area is 184 Å². The lowest BCUT2D eigenvalue weighted by Gasteiger charge is -2.27. The van der Waals surface area contributed by atoms with Gasteiger partial charge in [-0.1, -0.05) is 12.1 Å². The molecule has 3 aliphatic rings. The number of aliphatic imine (C=N–C) groups is 1. The number of carbonyl (C=O) groups is 1. The lowest BCUT2D eigenvalue weighted by Crippen LogP contribution is -3.14. The first-order chi connectivity index (χ1) is 14.7. The van der Waals surface area contributed by atoms with Crippen molar-refractivity contribution >= 4 is 28.9 Å². The first-order valence-corrected chi connectivity index (χ1v) is 12.1. The Morgan fingerprint density at radius 2 is 1.63 bits per heavy atom. The molecule has 1 aromatic carbocycles. The summed E-state index contributed by atoms with van der Waals surface area (Å²) in [5.41, 5.74) is 1.01. The van der Waals surface area contributed by atoms with Crippen LogP contribution in [0.1, 0.15) is 44.1 Å². The van der Waals surface area contributed by atoms with E-state index in [2.05, 4.69) is 0 Å². The first-order valence-electron chi connectivity index (χ1n) is 11.3. The number of quaternary nitrogens is 2. The summed E-state index contributed by atoms with van der Waals surface area (Å²) in [5, 5.41) is 0.885. The average Bonchev–Trinajstić information content (AvgIpc) is 3.08. The van der Waals surface area contributed by atoms with Gasteiger partial charge in [0.15, 0.2) is 18.5 Å². The van der Waals surface area contributed by atoms with Crippen molar-refractivity contribution in [2.45, 2.75) is 38.5 Å². The molecule has 162 valence electrons. The van der Waals surface area contributed by atoms with Crippen molar-refractivity contribution in [1.29, 1.82) is 0 Å². The topological polar surface area (TPSA) is 50.8 Å². The third-order valence-electron chi connectivity index (χ3n) is 6.24. The summed E-state index contributed by atoms with van der Waals surface area (Å²) in [4.78, 5) is 24.0. The van der Waals surface area contributed by atoms with Crippen molar-refractivity contribution < 1.29 is 19.3 Å². The highest BCUT2D eigenvalue weighted by molar-refractivity contribution is 8.18. The van der Waals surface area contributed by atoms with E-state index in [0.717, 1.165) is 47.8 Å². The predicted molar refractivity (Wildman–Crippen MR) is 122 cm³/mol. The number of amides is 1. The number of likely N-dealkylation sites (tertiary alicyclic amines) is 2. The molecule has 6 nitrogen and oxygen atoms in total. The highest BCUT2D eigenvalue weighted by atomic mass is 32.2. The van der Waals surface area contributed by atoms with Crippen LogP contribution in [0, 0.1) is 0 Å². The summed E-state index contributed by atoms with van der Waals surface area (Å²) in [6.07, 6.45) is 9.72. The molecule has 0 aliphatic carbocycles. The number of benzene rings is 1. The van der Waals surface area contributed by atoms with Gasteiger partial charge in [0.1, 0.15) is 5.75 Å². The van der Waals surface area contributed by atoms with Gasteiger partial charge in [-0.05, 0) is 74.1 Å². The Bertz CT molecular complexity index is 781. The van der Waals surface area contributed by atoms with Gasteiger partial charge in [-0.15, -0.1) is 0 Å². The molecule has 3 fully saturated rings. The van der Waals surface area contributed by atoms with Crippen LogP contribution < -0.4 is 14.5 Å². The van der Waals surface area contributed by atoms with Gasteiger partial charge in [0.2, 0.25) is 0 Å². The molecule has 0 spiro atoms. The second kappa shape index (κ2) is 10.5. The van der Waals surface area contributed by atoms with Crippen LogP contribution in [-0.4, -0.2) is 62.6 Å². The monoisotopic (exact) mass is 430 g/mol. The summed E-state index contributed by atoms with van der Waals surface area (Å²) in [5.74, 6) is 0.922. The molecule has 4 rings (SSSR count). The minimum Gasteiger partial charge on any atom is -0.497 e. The molecular formula is C23H34N4O2S+2. The van der Waals surface area contributed by atoms with E-state index in [1.807, 2.05) is 35.2 Å². The minimum atomic E-state index is 0.0984. The highest BCUT2D eigenvalue weighted by Crippen LogP contribution is 2.32. The van der Waals surface area contributed by atoms with Gasteiger partial charge in [0.05, 0.1) is 38.2 Å². The van der Waals surface area contributed by atoms with Crippen LogP contribution >= 0.6 is 11.8 Å². The largest absolute Gasteiger partial charge is 0.497 e. The number of hydrogen-bond donors (Lipinski definition) is 2. The van der Waals surface area contributed by atoms with E-state index in [9.17, 15) is 4.79 Å². The fourth-order valence-electron chi connectivity index (χ4n) is 4.44. The Morgan fingerprint density at radius 3 is 2.27 bits per heavy atom. The Morgan fingerprint density at radius 1 is 1.00 bits per heavy atom. The summed E-state index contributed by atoms with van der Waals surface area (Å²) in [6.45, 7) is 6.20. The predicted octanol–water partition coefficient (Wildman–Crippen LogP) is 1.02. The number of rotatable bonds is 6. The maximum atomic E-state index is 13.3. The molecule has 0 radical (unpaired) electrons. The van der Waals surface area contributed by atoms with E-state index >= 15 is 0 Å². The smallest absolute Gasteiger partial charge is 0.271 e. The summed E-state index contributed by atoms with van der Waals surface area (Å²) < 4.78 is 5.24. The zero-order chi connectivity index (χ0) is 20.8. The van der Waals surface area contributed by atoms with Crippen LogP contribution in [0.15, 0.2) is 34.2 Å². The first kappa shape index (κ1) is 21.4. The molecule has 3 saturated heterocycles. The van der Waals surface area contributed by atoms with Crippen LogP contribution in [-0.2, 0) is 4.79 Å². The van der Waals surface area contributed by atoms with Gasteiger partial charge in [-0.3, -0.25) is 4.79 Å². The van der Waals surface area contributed by atoms with Crippen molar-refractivity contribution in [3.8, 4) is 5.75 Å². The minimum absolute atomic E-state index is 0.0984. The molecule has 1 aromatic rings. The molecular weight excluding hydrogens is 396 g/mol. The Balaban J connectivity index is 1.51. The SMILES string of the molecule is COc1ccc(/C=C2/SC(=NC[NH+]3CCCCC3)N(C[NH+]3CCCCC3)C2=O)cc1. The summed E-state index contributed by atoms with van der Waals surface area (Å²) in [7, 11) is 1.66. The van der Waals surface area contributed by atoms with E-state index in [1.54, 1.807) is 12.0 Å². The van der Waals surface area contributed by atoms with E-state index in [-0.39, 0.29) is 5.91 Å². The van der Waals surface area contributed by atoms with Crippen LogP contribution in [0.25, 0.3) is 6.08 Å². The van der Waals surface area contributed by atoms with Gasteiger partial charge in [0.25, 0.3) is 5.91 Å². The molecule has 2 N–H and O–H groups in total. The van der Waals surface area contributed by atoms with E-state index in [1.165, 1.54) is 68.3 Å². The molecule has 0 bridgehead atoms. The maximum Gasteiger partial charge on any atom is 0.271 e. The van der Waals surface area contributed by atoms with Crippen molar-refractivity contribution in [2.24, 2.45) is 4.99 Å². The summed E-state index contributed by atoms with van der Waals surface area (Å²) in [6, 6.07) is 7.85. The van der Waals surface area contributed by atoms with Gasteiger partial charge >= 0.3 is 0 Å². The van der Waals surface area contributed by atoms with Gasteiger partial charge in [-0.2, -0.15) is 0 Å². The maximum absolute atomic E-state index is 13.3. The zero-order valence-electron chi connectivity index (χ0n) is 18.0. The number of ether oxygens (including phenoxy) is 1. The third kappa shape index (κ3) is 5.45. The molecule has 0 atom stereocenters. The quantitative estimate of drug-likeness (QED) is 0.663. The number of nitrogens with zero attached hydrogens (tertiary/aromatic N) is 2. The van der Waals surface area contributed by atoms with E-state index in [4.69, 9.17) is 9.73 Å². The lowest BCUT2D eigenvalue weighted by atomic mass is 10.1. The standard InChI is InChI=1S/C23H32N4O2S/c1-29-20-10-8-19(9-11-20)16-21-22(28)27(18-26-14-6-3-7-15-26)23(30-21)24-17-25-12-4-2-5-13-25/h8-11,16H,2-7,12-15,17-18H2,1H3/p+2/b21-16+,24-23?. The zero-order valence-corrected chi connectivity index (χ0v) is 18.8.